The van der Waals surface area contributed by atoms with Crippen molar-refractivity contribution in [2.24, 2.45) is 0 Å². The summed E-state index contributed by atoms with van der Waals surface area (Å²) in [5, 5.41) is 14.0. The van der Waals surface area contributed by atoms with Crippen molar-refractivity contribution < 1.29 is 14.1 Å². The second-order valence-corrected chi connectivity index (χ2v) is 5.16. The van der Waals surface area contributed by atoms with Crippen molar-refractivity contribution in [3.63, 3.8) is 0 Å². The summed E-state index contributed by atoms with van der Waals surface area (Å²) in [4.78, 5) is 10.2. The number of ether oxygens (including phenoxy) is 1. The van der Waals surface area contributed by atoms with Gasteiger partial charge in [0.15, 0.2) is 5.75 Å². The van der Waals surface area contributed by atoms with Gasteiger partial charge >= 0.3 is 5.69 Å². The molecule has 19 heavy (non-hydrogen) atoms. The van der Waals surface area contributed by atoms with Gasteiger partial charge in [0, 0.05) is 18.2 Å². The van der Waals surface area contributed by atoms with Crippen molar-refractivity contribution in [2.45, 2.75) is 26.3 Å². The van der Waals surface area contributed by atoms with Crippen molar-refractivity contribution in [1.29, 1.82) is 0 Å². The van der Waals surface area contributed by atoms with Crippen LogP contribution in [0.25, 0.3) is 0 Å². The quantitative estimate of drug-likeness (QED) is 0.472. The van der Waals surface area contributed by atoms with Crippen LogP contribution in [0, 0.1) is 15.9 Å². The van der Waals surface area contributed by atoms with Crippen LogP contribution in [0.3, 0.4) is 0 Å². The van der Waals surface area contributed by atoms with Gasteiger partial charge in [0.05, 0.1) is 16.0 Å². The number of rotatable bonds is 7. The summed E-state index contributed by atoms with van der Waals surface area (Å²) in [5.74, 6) is -0.629. The molecule has 106 valence electrons. The van der Waals surface area contributed by atoms with Crippen molar-refractivity contribution in [1.82, 2.24) is 5.32 Å². The van der Waals surface area contributed by atoms with Crippen LogP contribution in [0.2, 0.25) is 0 Å². The minimum atomic E-state index is -0.591. The van der Waals surface area contributed by atoms with E-state index in [0.717, 1.165) is 18.7 Å². The lowest BCUT2D eigenvalue weighted by Gasteiger charge is -2.09. The number of nitro benzene ring substituents is 1. The summed E-state index contributed by atoms with van der Waals surface area (Å²) in [7, 11) is 0. The maximum atomic E-state index is 13.3. The molecule has 5 nitrogen and oxygen atoms in total. The summed E-state index contributed by atoms with van der Waals surface area (Å²) >= 11 is 2.91. The highest BCUT2D eigenvalue weighted by atomic mass is 79.9. The Labute approximate surface area is 119 Å². The van der Waals surface area contributed by atoms with Crippen molar-refractivity contribution in [3.05, 3.63) is 32.5 Å². The normalized spacial score (nSPS) is 10.8. The van der Waals surface area contributed by atoms with E-state index in [1.54, 1.807) is 0 Å². The van der Waals surface area contributed by atoms with Gasteiger partial charge in [0.1, 0.15) is 5.82 Å². The molecule has 0 fully saturated rings. The third kappa shape index (κ3) is 5.12. The fourth-order valence-electron chi connectivity index (χ4n) is 1.42. The fourth-order valence-corrected chi connectivity index (χ4v) is 1.75. The molecule has 0 aliphatic rings. The molecule has 1 N–H and O–H groups in total. The highest BCUT2D eigenvalue weighted by Crippen LogP contribution is 2.32. The van der Waals surface area contributed by atoms with Crippen molar-refractivity contribution in [2.75, 3.05) is 13.2 Å². The van der Waals surface area contributed by atoms with E-state index in [2.05, 4.69) is 21.2 Å². The summed E-state index contributed by atoms with van der Waals surface area (Å²) in [5.41, 5.74) is -0.245. The van der Waals surface area contributed by atoms with Gasteiger partial charge in [0.25, 0.3) is 0 Å². The molecular weight excluding hydrogens is 319 g/mol. The van der Waals surface area contributed by atoms with Gasteiger partial charge in [-0.15, -0.1) is 0 Å². The molecule has 0 saturated carbocycles. The van der Waals surface area contributed by atoms with Gasteiger partial charge in [-0.1, -0.05) is 13.8 Å². The monoisotopic (exact) mass is 334 g/mol. The largest absolute Gasteiger partial charge is 0.487 e. The molecule has 0 aliphatic carbocycles. The number of halogens is 2. The van der Waals surface area contributed by atoms with Gasteiger partial charge in [-0.2, -0.15) is 0 Å². The molecule has 0 atom stereocenters. The van der Waals surface area contributed by atoms with E-state index in [4.69, 9.17) is 4.74 Å². The van der Waals surface area contributed by atoms with Gasteiger partial charge in [-0.3, -0.25) is 10.1 Å². The van der Waals surface area contributed by atoms with Crippen molar-refractivity contribution in [3.8, 4) is 5.75 Å². The zero-order valence-corrected chi connectivity index (χ0v) is 12.4. The molecule has 0 aromatic heterocycles. The Bertz CT molecular complexity index is 455. The van der Waals surface area contributed by atoms with Gasteiger partial charge in [-0.25, -0.2) is 4.39 Å². The molecule has 0 bridgehead atoms. The lowest BCUT2D eigenvalue weighted by molar-refractivity contribution is -0.386. The Kier molecular flexibility index (Phi) is 6.17. The predicted octanol–water partition coefficient (Wildman–Crippen LogP) is 3.26. The lowest BCUT2D eigenvalue weighted by Crippen LogP contribution is -2.24. The number of nitro groups is 1. The molecule has 0 heterocycles. The van der Waals surface area contributed by atoms with Gasteiger partial charge in [-0.05, 0) is 28.9 Å². The molecule has 1 aromatic rings. The average Bonchev–Trinajstić information content (AvgIpc) is 2.32. The first-order chi connectivity index (χ1) is 8.91. The average molecular weight is 335 g/mol. The van der Waals surface area contributed by atoms with E-state index in [0.29, 0.717) is 19.1 Å². The van der Waals surface area contributed by atoms with E-state index in [9.17, 15) is 14.5 Å². The zero-order chi connectivity index (χ0) is 14.4. The summed E-state index contributed by atoms with van der Waals surface area (Å²) in [6.45, 7) is 5.08. The Morgan fingerprint density at radius 3 is 2.79 bits per heavy atom. The summed E-state index contributed by atoms with van der Waals surface area (Å²) in [6, 6.07) is 2.51. The molecule has 0 saturated heterocycles. The number of nitrogens with one attached hydrogen (secondary N) is 1. The van der Waals surface area contributed by atoms with Crippen LogP contribution in [0.5, 0.6) is 5.75 Å². The first kappa shape index (κ1) is 15.8. The highest BCUT2D eigenvalue weighted by molar-refractivity contribution is 9.10. The molecule has 1 aromatic carbocycles. The molecular formula is C12H16BrFN2O3. The van der Waals surface area contributed by atoms with E-state index >= 15 is 0 Å². The lowest BCUT2D eigenvalue weighted by atomic mass is 10.3. The third-order valence-electron chi connectivity index (χ3n) is 2.33. The highest BCUT2D eigenvalue weighted by Gasteiger charge is 2.18. The van der Waals surface area contributed by atoms with Gasteiger partial charge < -0.3 is 10.1 Å². The molecule has 0 unspecified atom stereocenters. The van der Waals surface area contributed by atoms with E-state index in [1.807, 2.05) is 13.8 Å². The van der Waals surface area contributed by atoms with Gasteiger partial charge in [0.2, 0.25) is 0 Å². The second kappa shape index (κ2) is 7.40. The van der Waals surface area contributed by atoms with Crippen LogP contribution < -0.4 is 10.1 Å². The SMILES string of the molecule is CC(C)NCCCOc1cc(F)c(Br)cc1[N+](=O)[O-]. The standard InChI is InChI=1S/C12H16BrFN2O3/c1-8(2)15-4-3-5-19-12-7-10(14)9(13)6-11(12)16(17)18/h6-8,15H,3-5H2,1-2H3. The van der Waals surface area contributed by atoms with E-state index in [-0.39, 0.29) is 15.9 Å². The van der Waals surface area contributed by atoms with Crippen LogP contribution >= 0.6 is 15.9 Å². The maximum absolute atomic E-state index is 13.3. The topological polar surface area (TPSA) is 64.4 Å². The van der Waals surface area contributed by atoms with E-state index in [1.165, 1.54) is 0 Å². The Balaban J connectivity index is 2.62. The first-order valence-corrected chi connectivity index (χ1v) is 6.70. The number of hydrogen-bond donors (Lipinski definition) is 1. The molecule has 0 aliphatic heterocycles. The van der Waals surface area contributed by atoms with Crippen LogP contribution in [0.15, 0.2) is 16.6 Å². The minimum absolute atomic E-state index is 0.0461. The molecule has 0 radical (unpaired) electrons. The van der Waals surface area contributed by atoms with Crippen LogP contribution in [-0.2, 0) is 0 Å². The van der Waals surface area contributed by atoms with Crippen LogP contribution in [-0.4, -0.2) is 24.1 Å². The zero-order valence-electron chi connectivity index (χ0n) is 10.8. The molecule has 7 heteroatoms. The Morgan fingerprint density at radius 2 is 2.21 bits per heavy atom. The molecule has 0 amide bonds. The first-order valence-electron chi connectivity index (χ1n) is 5.91. The third-order valence-corrected chi connectivity index (χ3v) is 2.94. The summed E-state index contributed by atoms with van der Waals surface area (Å²) < 4.78 is 18.7. The Hall–Kier alpha value is -1.21. The number of hydrogen-bond acceptors (Lipinski definition) is 4. The molecule has 1 rings (SSSR count). The van der Waals surface area contributed by atoms with Crippen LogP contribution in [0.4, 0.5) is 10.1 Å². The fraction of sp³-hybridized carbons (Fsp3) is 0.500. The minimum Gasteiger partial charge on any atom is -0.487 e. The smallest absolute Gasteiger partial charge is 0.312 e. The number of benzene rings is 1. The van der Waals surface area contributed by atoms with Crippen molar-refractivity contribution >= 4 is 21.6 Å². The predicted molar refractivity (Wildman–Crippen MR) is 74.0 cm³/mol. The van der Waals surface area contributed by atoms with Crippen LogP contribution in [0.1, 0.15) is 20.3 Å². The van der Waals surface area contributed by atoms with E-state index < -0.39 is 10.7 Å². The second-order valence-electron chi connectivity index (χ2n) is 4.30. The summed E-state index contributed by atoms with van der Waals surface area (Å²) in [6.07, 6.45) is 0.688. The number of nitrogens with zero attached hydrogens (tertiary/aromatic N) is 1. The Morgan fingerprint density at radius 1 is 1.53 bits per heavy atom. The molecule has 0 spiro atoms. The maximum Gasteiger partial charge on any atom is 0.312 e.